The molecule has 2 fully saturated rings. The van der Waals surface area contributed by atoms with Crippen LogP contribution in [0.1, 0.15) is 39.5 Å². The van der Waals surface area contributed by atoms with E-state index in [2.05, 4.69) is 19.2 Å². The Hall–Kier alpha value is -0.260. The van der Waals surface area contributed by atoms with Gasteiger partial charge in [-0.05, 0) is 44.8 Å². The number of ether oxygens (including phenoxy) is 2. The van der Waals surface area contributed by atoms with Gasteiger partial charge in [0.1, 0.15) is 5.54 Å². The average Bonchev–Trinajstić information content (AvgIpc) is 2.74. The fourth-order valence-electron chi connectivity index (χ4n) is 3.37. The molecule has 0 aromatic carbocycles. The zero-order valence-electron chi connectivity index (χ0n) is 12.8. The summed E-state index contributed by atoms with van der Waals surface area (Å²) in [4.78, 5) is 12.3. The van der Waals surface area contributed by atoms with E-state index in [1.54, 1.807) is 0 Å². The molecule has 1 saturated heterocycles. The predicted octanol–water partition coefficient (Wildman–Crippen LogP) is 2.22. The molecular formula is C15H27NO3S. The number of thioether (sulfide) groups is 1. The van der Waals surface area contributed by atoms with Gasteiger partial charge in [0.2, 0.25) is 0 Å². The second-order valence-corrected chi connectivity index (χ2v) is 7.58. The lowest BCUT2D eigenvalue weighted by Gasteiger charge is -2.36. The Morgan fingerprint density at radius 3 is 2.80 bits per heavy atom. The molecule has 1 aliphatic heterocycles. The lowest BCUT2D eigenvalue weighted by atomic mass is 9.84. The Morgan fingerprint density at radius 1 is 1.50 bits per heavy atom. The SMILES string of the molecule is COC(=O)C1(NC(C)C)CCCC1CCSC1COC1. The van der Waals surface area contributed by atoms with Gasteiger partial charge in [0.25, 0.3) is 0 Å². The van der Waals surface area contributed by atoms with Gasteiger partial charge in [-0.1, -0.05) is 6.42 Å². The summed E-state index contributed by atoms with van der Waals surface area (Å²) in [6, 6.07) is 0.294. The van der Waals surface area contributed by atoms with Crippen molar-refractivity contribution < 1.29 is 14.3 Å². The van der Waals surface area contributed by atoms with E-state index in [-0.39, 0.29) is 5.97 Å². The summed E-state index contributed by atoms with van der Waals surface area (Å²) >= 11 is 1.98. The van der Waals surface area contributed by atoms with Gasteiger partial charge in [-0.3, -0.25) is 10.1 Å². The first-order valence-corrected chi connectivity index (χ1v) is 8.69. The van der Waals surface area contributed by atoms with Crippen LogP contribution in [0.2, 0.25) is 0 Å². The van der Waals surface area contributed by atoms with E-state index in [9.17, 15) is 4.79 Å². The van der Waals surface area contributed by atoms with Gasteiger partial charge in [-0.15, -0.1) is 0 Å². The third-order valence-corrected chi connectivity index (χ3v) is 5.56. The highest BCUT2D eigenvalue weighted by Crippen LogP contribution is 2.40. The topological polar surface area (TPSA) is 47.6 Å². The Kier molecular flexibility index (Phi) is 5.75. The van der Waals surface area contributed by atoms with E-state index in [1.165, 1.54) is 7.11 Å². The molecule has 1 heterocycles. The fourth-order valence-corrected chi connectivity index (χ4v) is 4.51. The molecule has 20 heavy (non-hydrogen) atoms. The van der Waals surface area contributed by atoms with Crippen LogP contribution in [0.15, 0.2) is 0 Å². The van der Waals surface area contributed by atoms with Crippen LogP contribution in [0.25, 0.3) is 0 Å². The first kappa shape index (κ1) is 16.1. The standard InChI is InChI=1S/C15H27NO3S/c1-11(2)16-15(14(17)18-3)7-4-5-12(15)6-8-20-13-9-19-10-13/h11-13,16H,4-10H2,1-3H3. The van der Waals surface area contributed by atoms with Crippen molar-refractivity contribution in [1.29, 1.82) is 0 Å². The van der Waals surface area contributed by atoms with Gasteiger partial charge in [0, 0.05) is 6.04 Å². The number of carbonyl (C=O) groups is 1. The summed E-state index contributed by atoms with van der Waals surface area (Å²) in [6.07, 6.45) is 4.21. The Balaban J connectivity index is 1.94. The highest BCUT2D eigenvalue weighted by molar-refractivity contribution is 8.00. The fraction of sp³-hybridized carbons (Fsp3) is 0.933. The summed E-state index contributed by atoms with van der Waals surface area (Å²) in [7, 11) is 1.50. The number of esters is 1. The molecule has 1 aliphatic carbocycles. The lowest BCUT2D eigenvalue weighted by Crippen LogP contribution is -2.57. The smallest absolute Gasteiger partial charge is 0.326 e. The summed E-state index contributed by atoms with van der Waals surface area (Å²) < 4.78 is 10.3. The van der Waals surface area contributed by atoms with Crippen molar-refractivity contribution in [2.45, 2.75) is 56.4 Å². The van der Waals surface area contributed by atoms with E-state index in [0.717, 1.165) is 44.6 Å². The highest BCUT2D eigenvalue weighted by Gasteiger charge is 2.49. The molecular weight excluding hydrogens is 274 g/mol. The molecule has 2 atom stereocenters. The van der Waals surface area contributed by atoms with Crippen LogP contribution in [0.4, 0.5) is 0 Å². The first-order chi connectivity index (χ1) is 9.58. The molecule has 1 N–H and O–H groups in total. The maximum absolute atomic E-state index is 12.3. The zero-order chi connectivity index (χ0) is 14.6. The van der Waals surface area contributed by atoms with Crippen LogP contribution in [-0.4, -0.2) is 48.9 Å². The second-order valence-electron chi connectivity index (χ2n) is 6.17. The van der Waals surface area contributed by atoms with Crippen molar-refractivity contribution in [2.24, 2.45) is 5.92 Å². The van der Waals surface area contributed by atoms with Crippen LogP contribution in [0.5, 0.6) is 0 Å². The number of hydrogen-bond acceptors (Lipinski definition) is 5. The van der Waals surface area contributed by atoms with Crippen molar-refractivity contribution in [2.75, 3.05) is 26.1 Å². The maximum atomic E-state index is 12.3. The summed E-state index contributed by atoms with van der Waals surface area (Å²) in [6.45, 7) is 5.98. The van der Waals surface area contributed by atoms with E-state index >= 15 is 0 Å². The molecule has 2 rings (SSSR count). The third kappa shape index (κ3) is 3.49. The number of nitrogens with one attached hydrogen (secondary N) is 1. The average molecular weight is 301 g/mol. The van der Waals surface area contributed by atoms with Gasteiger partial charge < -0.3 is 9.47 Å². The minimum atomic E-state index is -0.459. The van der Waals surface area contributed by atoms with E-state index < -0.39 is 5.54 Å². The molecule has 0 bridgehead atoms. The van der Waals surface area contributed by atoms with Crippen LogP contribution < -0.4 is 5.32 Å². The Bertz CT molecular complexity index is 333. The molecule has 4 nitrogen and oxygen atoms in total. The molecule has 0 amide bonds. The van der Waals surface area contributed by atoms with Crippen LogP contribution >= 0.6 is 11.8 Å². The molecule has 0 spiro atoms. The predicted molar refractivity (Wildman–Crippen MR) is 82.0 cm³/mol. The van der Waals surface area contributed by atoms with E-state index in [4.69, 9.17) is 9.47 Å². The lowest BCUT2D eigenvalue weighted by molar-refractivity contribution is -0.150. The largest absolute Gasteiger partial charge is 0.468 e. The molecule has 2 unspecified atom stereocenters. The minimum absolute atomic E-state index is 0.0781. The van der Waals surface area contributed by atoms with E-state index in [1.807, 2.05) is 11.8 Å². The molecule has 0 radical (unpaired) electrons. The molecule has 0 aromatic heterocycles. The first-order valence-electron chi connectivity index (χ1n) is 7.64. The van der Waals surface area contributed by atoms with Gasteiger partial charge in [-0.2, -0.15) is 11.8 Å². The van der Waals surface area contributed by atoms with Crippen LogP contribution in [-0.2, 0) is 14.3 Å². The Labute approximate surface area is 126 Å². The molecule has 1 saturated carbocycles. The molecule has 116 valence electrons. The maximum Gasteiger partial charge on any atom is 0.326 e. The zero-order valence-corrected chi connectivity index (χ0v) is 13.6. The normalized spacial score (nSPS) is 30.5. The van der Waals surface area contributed by atoms with Gasteiger partial charge >= 0.3 is 5.97 Å². The quantitative estimate of drug-likeness (QED) is 0.731. The van der Waals surface area contributed by atoms with Gasteiger partial charge in [0.15, 0.2) is 0 Å². The van der Waals surface area contributed by atoms with Crippen LogP contribution in [0, 0.1) is 5.92 Å². The number of hydrogen-bond donors (Lipinski definition) is 1. The number of rotatable bonds is 7. The molecule has 0 aromatic rings. The van der Waals surface area contributed by atoms with Crippen molar-refractivity contribution in [3.63, 3.8) is 0 Å². The minimum Gasteiger partial charge on any atom is -0.468 e. The highest BCUT2D eigenvalue weighted by atomic mass is 32.2. The van der Waals surface area contributed by atoms with Crippen LogP contribution in [0.3, 0.4) is 0 Å². The summed E-state index contributed by atoms with van der Waals surface area (Å²) in [5, 5.41) is 4.18. The number of carbonyl (C=O) groups excluding carboxylic acids is 1. The second kappa shape index (κ2) is 7.14. The molecule has 2 aliphatic rings. The van der Waals surface area contributed by atoms with Crippen molar-refractivity contribution in [1.82, 2.24) is 5.32 Å². The third-order valence-electron chi connectivity index (χ3n) is 4.34. The summed E-state index contributed by atoms with van der Waals surface area (Å²) in [5.74, 6) is 1.42. The van der Waals surface area contributed by atoms with E-state index in [0.29, 0.717) is 17.2 Å². The van der Waals surface area contributed by atoms with Crippen molar-refractivity contribution in [3.05, 3.63) is 0 Å². The number of methoxy groups -OCH3 is 1. The van der Waals surface area contributed by atoms with Gasteiger partial charge in [0.05, 0.1) is 25.6 Å². The van der Waals surface area contributed by atoms with Crippen molar-refractivity contribution in [3.8, 4) is 0 Å². The monoisotopic (exact) mass is 301 g/mol. The van der Waals surface area contributed by atoms with Crippen molar-refractivity contribution >= 4 is 17.7 Å². The molecule has 5 heteroatoms. The van der Waals surface area contributed by atoms with Gasteiger partial charge in [-0.25, -0.2) is 0 Å². The Morgan fingerprint density at radius 2 is 2.25 bits per heavy atom. The summed E-state index contributed by atoms with van der Waals surface area (Å²) in [5.41, 5.74) is -0.459.